The average Bonchev–Trinajstić information content (AvgIpc) is 2.29. The maximum atomic E-state index is 13.5. The van der Waals surface area contributed by atoms with Crippen LogP contribution in [0.2, 0.25) is 0 Å². The van der Waals surface area contributed by atoms with Crippen molar-refractivity contribution < 1.29 is 36.2 Å². The van der Waals surface area contributed by atoms with Crippen molar-refractivity contribution >= 4 is 11.7 Å². The summed E-state index contributed by atoms with van der Waals surface area (Å²) in [5.74, 6) is -7.67. The Morgan fingerprint density at radius 2 is 1.85 bits per heavy atom. The summed E-state index contributed by atoms with van der Waals surface area (Å²) in [6.45, 7) is 1.14. The lowest BCUT2D eigenvalue weighted by atomic mass is 10.1. The van der Waals surface area contributed by atoms with Crippen LogP contribution in [0.25, 0.3) is 0 Å². The molecule has 0 heterocycles. The zero-order valence-corrected chi connectivity index (χ0v) is 9.99. The maximum Gasteiger partial charge on any atom is 0.408 e. The highest BCUT2D eigenvalue weighted by Gasteiger charge is 2.39. The van der Waals surface area contributed by atoms with E-state index in [1.165, 1.54) is 0 Å². The zero-order valence-electron chi connectivity index (χ0n) is 9.99. The third-order valence-corrected chi connectivity index (χ3v) is 2.51. The number of halogens is 6. The number of hydrogen-bond donors (Lipinski definition) is 2. The second-order valence-corrected chi connectivity index (χ2v) is 3.86. The average molecular weight is 301 g/mol. The minimum absolute atomic E-state index is 0.177. The van der Waals surface area contributed by atoms with Gasteiger partial charge in [0.1, 0.15) is 17.4 Å². The third kappa shape index (κ3) is 3.14. The van der Waals surface area contributed by atoms with Crippen LogP contribution in [0, 0.1) is 17.5 Å². The molecule has 0 aliphatic rings. The maximum absolute atomic E-state index is 13.5. The fourth-order valence-electron chi connectivity index (χ4n) is 1.50. The van der Waals surface area contributed by atoms with E-state index in [9.17, 15) is 31.1 Å². The number of hydrogen-bond acceptors (Lipinski definition) is 2. The van der Waals surface area contributed by atoms with E-state index in [-0.39, 0.29) is 6.07 Å². The van der Waals surface area contributed by atoms with Crippen molar-refractivity contribution in [1.82, 2.24) is 0 Å². The highest BCUT2D eigenvalue weighted by Crippen LogP contribution is 2.29. The van der Waals surface area contributed by atoms with Crippen molar-refractivity contribution in [3.8, 4) is 0 Å². The lowest BCUT2D eigenvalue weighted by Gasteiger charge is -2.21. The molecule has 0 aliphatic carbocycles. The molecule has 1 aromatic carbocycles. The molecule has 1 unspecified atom stereocenters. The number of alkyl halides is 3. The van der Waals surface area contributed by atoms with Gasteiger partial charge in [0, 0.05) is 6.07 Å². The van der Waals surface area contributed by atoms with Crippen LogP contribution in [-0.2, 0) is 0 Å². The Morgan fingerprint density at radius 1 is 1.30 bits per heavy atom. The summed E-state index contributed by atoms with van der Waals surface area (Å²) in [4.78, 5) is 10.5. The summed E-state index contributed by atoms with van der Waals surface area (Å²) >= 11 is 0. The molecule has 112 valence electrons. The number of carbonyl (C=O) groups is 1. The molecule has 0 saturated heterocycles. The molecule has 2 N–H and O–H groups in total. The van der Waals surface area contributed by atoms with Crippen LogP contribution >= 0.6 is 0 Å². The normalized spacial score (nSPS) is 13.2. The first-order valence-electron chi connectivity index (χ1n) is 5.33. The van der Waals surface area contributed by atoms with Crippen molar-refractivity contribution in [3.63, 3.8) is 0 Å². The van der Waals surface area contributed by atoms with Crippen LogP contribution in [0.5, 0.6) is 0 Å². The fraction of sp³-hybridized carbons (Fsp3) is 0.364. The van der Waals surface area contributed by atoms with Crippen LogP contribution in [0.3, 0.4) is 0 Å². The molecule has 9 heteroatoms. The van der Waals surface area contributed by atoms with E-state index >= 15 is 0 Å². The topological polar surface area (TPSA) is 49.3 Å². The van der Waals surface area contributed by atoms with Crippen LogP contribution in [0.15, 0.2) is 6.07 Å². The number of benzene rings is 1. The van der Waals surface area contributed by atoms with Crippen LogP contribution in [-0.4, -0.2) is 23.3 Å². The smallest absolute Gasteiger partial charge is 0.408 e. The number of carboxylic acids is 1. The number of carboxylic acid groups (broad SMARTS) is 1. The Balaban J connectivity index is 3.25. The van der Waals surface area contributed by atoms with Crippen molar-refractivity contribution in [2.45, 2.75) is 25.6 Å². The number of rotatable bonds is 4. The molecule has 0 aliphatic heterocycles. The summed E-state index contributed by atoms with van der Waals surface area (Å²) in [7, 11) is 0. The summed E-state index contributed by atoms with van der Waals surface area (Å²) in [5.41, 5.74) is -2.65. The lowest BCUT2D eigenvalue weighted by Crippen LogP contribution is -2.36. The van der Waals surface area contributed by atoms with Gasteiger partial charge in [0.05, 0.1) is 5.69 Å². The molecule has 0 aromatic heterocycles. The summed E-state index contributed by atoms with van der Waals surface area (Å²) in [6, 6.07) is -2.04. The second-order valence-electron chi connectivity index (χ2n) is 3.86. The molecule has 1 rings (SSSR count). The second kappa shape index (κ2) is 5.59. The van der Waals surface area contributed by atoms with Gasteiger partial charge < -0.3 is 10.4 Å². The molecule has 0 saturated carbocycles. The summed E-state index contributed by atoms with van der Waals surface area (Å²) < 4.78 is 77.5. The standard InChI is InChI=1S/C11H9F6NO2/c1-2-6(11(15,16)17)18-5-3-4(12)7(10(19)20)9(14)8(5)13/h3,6,18H,2H2,1H3,(H,19,20). The highest BCUT2D eigenvalue weighted by molar-refractivity contribution is 5.88. The van der Waals surface area contributed by atoms with Gasteiger partial charge in [-0.25, -0.2) is 18.0 Å². The lowest BCUT2D eigenvalue weighted by molar-refractivity contribution is -0.142. The molecular weight excluding hydrogens is 292 g/mol. The largest absolute Gasteiger partial charge is 0.477 e. The Bertz CT molecular complexity index is 529. The molecule has 1 atom stereocenters. The van der Waals surface area contributed by atoms with Crippen LogP contribution in [0.1, 0.15) is 23.7 Å². The van der Waals surface area contributed by atoms with E-state index in [1.54, 1.807) is 5.32 Å². The quantitative estimate of drug-likeness (QED) is 0.660. The van der Waals surface area contributed by atoms with Gasteiger partial charge in [0.25, 0.3) is 0 Å². The van der Waals surface area contributed by atoms with Gasteiger partial charge in [0.15, 0.2) is 11.6 Å². The first kappa shape index (κ1) is 16.1. The van der Waals surface area contributed by atoms with Gasteiger partial charge in [-0.2, -0.15) is 13.2 Å². The van der Waals surface area contributed by atoms with E-state index in [4.69, 9.17) is 5.11 Å². The van der Waals surface area contributed by atoms with Gasteiger partial charge in [0.2, 0.25) is 0 Å². The van der Waals surface area contributed by atoms with Crippen molar-refractivity contribution in [1.29, 1.82) is 0 Å². The van der Waals surface area contributed by atoms with Gasteiger partial charge in [-0.3, -0.25) is 0 Å². The van der Waals surface area contributed by atoms with Gasteiger partial charge in [-0.15, -0.1) is 0 Å². The third-order valence-electron chi connectivity index (χ3n) is 2.51. The minimum atomic E-state index is -4.75. The molecule has 0 bridgehead atoms. The SMILES string of the molecule is CCC(Nc1cc(F)c(C(=O)O)c(F)c1F)C(F)(F)F. The van der Waals surface area contributed by atoms with Crippen molar-refractivity contribution in [3.05, 3.63) is 29.1 Å². The van der Waals surface area contributed by atoms with E-state index in [1.807, 2.05) is 0 Å². The van der Waals surface area contributed by atoms with Gasteiger partial charge >= 0.3 is 12.1 Å². The molecule has 0 spiro atoms. The highest BCUT2D eigenvalue weighted by atomic mass is 19.4. The minimum Gasteiger partial charge on any atom is -0.477 e. The van der Waals surface area contributed by atoms with Crippen LogP contribution in [0.4, 0.5) is 32.0 Å². The number of nitrogens with one attached hydrogen (secondary N) is 1. The van der Waals surface area contributed by atoms with Crippen LogP contribution < -0.4 is 5.32 Å². The molecule has 0 amide bonds. The molecule has 3 nitrogen and oxygen atoms in total. The Morgan fingerprint density at radius 3 is 2.25 bits per heavy atom. The Hall–Kier alpha value is -1.93. The number of anilines is 1. The van der Waals surface area contributed by atoms with E-state index in [2.05, 4.69) is 0 Å². The van der Waals surface area contributed by atoms with Crippen molar-refractivity contribution in [2.24, 2.45) is 0 Å². The monoisotopic (exact) mass is 301 g/mol. The first-order valence-corrected chi connectivity index (χ1v) is 5.33. The first-order chi connectivity index (χ1) is 9.09. The van der Waals surface area contributed by atoms with E-state index in [0.717, 1.165) is 6.92 Å². The van der Waals surface area contributed by atoms with E-state index in [0.29, 0.717) is 0 Å². The molecule has 1 aromatic rings. The summed E-state index contributed by atoms with van der Waals surface area (Å²) in [6.07, 6.45) is -5.26. The molecule has 0 radical (unpaired) electrons. The van der Waals surface area contributed by atoms with Crippen molar-refractivity contribution in [2.75, 3.05) is 5.32 Å². The number of aromatic carboxylic acids is 1. The fourth-order valence-corrected chi connectivity index (χ4v) is 1.50. The molecule has 0 fully saturated rings. The summed E-state index contributed by atoms with van der Waals surface area (Å²) in [5, 5.41) is 10.1. The van der Waals surface area contributed by atoms with Gasteiger partial charge in [-0.1, -0.05) is 6.92 Å². The Labute approximate surface area is 109 Å². The predicted octanol–water partition coefficient (Wildman–Crippen LogP) is 3.55. The van der Waals surface area contributed by atoms with E-state index < -0.39 is 53.3 Å². The molecular formula is C11H9F6NO2. The Kier molecular flexibility index (Phi) is 4.51. The zero-order chi connectivity index (χ0) is 15.7. The predicted molar refractivity (Wildman–Crippen MR) is 57.0 cm³/mol. The van der Waals surface area contributed by atoms with Gasteiger partial charge in [-0.05, 0) is 6.42 Å². The molecule has 20 heavy (non-hydrogen) atoms.